The summed E-state index contributed by atoms with van der Waals surface area (Å²) in [4.78, 5) is 51.1. The molecule has 0 heterocycles. The summed E-state index contributed by atoms with van der Waals surface area (Å²) in [7, 11) is -4.52. The lowest BCUT2D eigenvalue weighted by atomic mass is 9.88. The van der Waals surface area contributed by atoms with Gasteiger partial charge in [-0.25, -0.2) is 14.4 Å². The van der Waals surface area contributed by atoms with Crippen LogP contribution in [-0.4, -0.2) is 62.3 Å². The number of sulfonamides is 1. The zero-order valence-electron chi connectivity index (χ0n) is 30.6. The zero-order chi connectivity index (χ0) is 38.7. The maximum absolute atomic E-state index is 14.3. The van der Waals surface area contributed by atoms with E-state index in [-0.39, 0.29) is 23.6 Å². The number of hydrogen-bond acceptors (Lipinski definition) is 10. The van der Waals surface area contributed by atoms with E-state index < -0.39 is 63.2 Å². The molecule has 14 nitrogen and oxygen atoms in total. The molecule has 2 atom stereocenters. The number of rotatable bonds is 11. The van der Waals surface area contributed by atoms with E-state index in [1.807, 2.05) is 18.2 Å². The van der Waals surface area contributed by atoms with Crippen molar-refractivity contribution in [3.63, 3.8) is 0 Å². The van der Waals surface area contributed by atoms with E-state index in [0.717, 1.165) is 5.56 Å². The SMILES string of the molecule is CCOC(=O)C(C)NC(=O)CC(c1ccccc1)c1cccc(N(N=C(NC(=O)OC(C)(C)C)NC(=O)OC(C)(C)C)S(=O)(=O)c2ccccc2)c1. The summed E-state index contributed by atoms with van der Waals surface area (Å²) in [6.45, 7) is 13.1. The summed E-state index contributed by atoms with van der Waals surface area (Å²) in [5.41, 5.74) is -0.640. The number of anilines is 1. The number of hydrogen-bond donors (Lipinski definition) is 3. The van der Waals surface area contributed by atoms with Crippen molar-refractivity contribution in [2.45, 2.75) is 89.9 Å². The van der Waals surface area contributed by atoms with Crippen molar-refractivity contribution < 1.29 is 41.8 Å². The van der Waals surface area contributed by atoms with E-state index >= 15 is 0 Å². The molecule has 0 spiro atoms. The predicted octanol–water partition coefficient (Wildman–Crippen LogP) is 5.79. The summed E-state index contributed by atoms with van der Waals surface area (Å²) < 4.78 is 44.9. The first kappa shape index (κ1) is 41.0. The van der Waals surface area contributed by atoms with Gasteiger partial charge in [0.15, 0.2) is 0 Å². The number of nitrogens with one attached hydrogen (secondary N) is 3. The highest BCUT2D eigenvalue weighted by Crippen LogP contribution is 2.33. The molecular formula is C37H47N5O9S. The first-order valence-corrected chi connectivity index (χ1v) is 18.0. The topological polar surface area (TPSA) is 182 Å². The lowest BCUT2D eigenvalue weighted by Crippen LogP contribution is -2.48. The molecule has 280 valence electrons. The van der Waals surface area contributed by atoms with Crippen LogP contribution in [0.1, 0.15) is 78.9 Å². The summed E-state index contributed by atoms with van der Waals surface area (Å²) in [6, 6.07) is 21.9. The molecular weight excluding hydrogens is 691 g/mol. The van der Waals surface area contributed by atoms with Crippen molar-refractivity contribution >= 4 is 45.7 Å². The number of alkyl carbamates (subject to hydrolysis) is 2. The predicted molar refractivity (Wildman–Crippen MR) is 196 cm³/mol. The van der Waals surface area contributed by atoms with Gasteiger partial charge in [0.25, 0.3) is 10.0 Å². The van der Waals surface area contributed by atoms with Gasteiger partial charge in [-0.15, -0.1) is 5.10 Å². The highest BCUT2D eigenvalue weighted by Gasteiger charge is 2.30. The molecule has 52 heavy (non-hydrogen) atoms. The normalized spacial score (nSPS) is 12.7. The number of amides is 3. The van der Waals surface area contributed by atoms with Crippen LogP contribution in [0.25, 0.3) is 0 Å². The summed E-state index contributed by atoms with van der Waals surface area (Å²) in [6.07, 6.45) is -2.17. The van der Waals surface area contributed by atoms with Crippen molar-refractivity contribution in [2.75, 3.05) is 11.0 Å². The first-order chi connectivity index (χ1) is 24.3. The van der Waals surface area contributed by atoms with Gasteiger partial charge in [-0.2, -0.15) is 12.8 Å². The Hall–Kier alpha value is -5.44. The highest BCUT2D eigenvalue weighted by atomic mass is 32.2. The Kier molecular flexibility index (Phi) is 13.9. The number of guanidine groups is 1. The maximum Gasteiger partial charge on any atom is 0.414 e. The van der Waals surface area contributed by atoms with Crippen molar-refractivity contribution in [1.29, 1.82) is 0 Å². The Morgan fingerprint density at radius 2 is 1.29 bits per heavy atom. The van der Waals surface area contributed by atoms with Crippen molar-refractivity contribution in [2.24, 2.45) is 5.10 Å². The van der Waals surface area contributed by atoms with Crippen LogP contribution in [0.5, 0.6) is 0 Å². The average molecular weight is 738 g/mol. The Bertz CT molecular complexity index is 1810. The zero-order valence-corrected chi connectivity index (χ0v) is 31.4. The molecule has 0 fully saturated rings. The fourth-order valence-electron chi connectivity index (χ4n) is 4.70. The number of benzene rings is 3. The molecule has 0 aliphatic heterocycles. The third-order valence-corrected chi connectivity index (χ3v) is 8.42. The molecule has 3 rings (SSSR count). The number of ether oxygens (including phenoxy) is 3. The van der Waals surface area contributed by atoms with Gasteiger partial charge in [0, 0.05) is 12.3 Å². The van der Waals surface area contributed by atoms with Gasteiger partial charge in [-0.1, -0.05) is 60.7 Å². The van der Waals surface area contributed by atoms with E-state index in [1.165, 1.54) is 43.3 Å². The molecule has 0 radical (unpaired) electrons. The molecule has 0 aromatic heterocycles. The van der Waals surface area contributed by atoms with Crippen LogP contribution >= 0.6 is 0 Å². The van der Waals surface area contributed by atoms with Crippen molar-refractivity contribution in [3.05, 3.63) is 96.1 Å². The quantitative estimate of drug-likeness (QED) is 0.0721. The summed E-state index contributed by atoms with van der Waals surface area (Å²) >= 11 is 0. The average Bonchev–Trinajstić information content (AvgIpc) is 3.05. The monoisotopic (exact) mass is 737 g/mol. The highest BCUT2D eigenvalue weighted by molar-refractivity contribution is 7.92. The van der Waals surface area contributed by atoms with Crippen LogP contribution in [0.15, 0.2) is 94.9 Å². The second kappa shape index (κ2) is 17.7. The molecule has 2 unspecified atom stereocenters. The number of carbonyl (C=O) groups is 4. The van der Waals surface area contributed by atoms with Gasteiger partial charge in [0.05, 0.1) is 17.2 Å². The van der Waals surface area contributed by atoms with E-state index in [9.17, 15) is 27.6 Å². The largest absolute Gasteiger partial charge is 0.464 e. The van der Waals surface area contributed by atoms with E-state index in [2.05, 4.69) is 21.1 Å². The Morgan fingerprint density at radius 3 is 1.81 bits per heavy atom. The molecule has 3 aromatic rings. The summed E-state index contributed by atoms with van der Waals surface area (Å²) in [5, 5.41) is 11.6. The van der Waals surface area contributed by atoms with E-state index in [0.29, 0.717) is 9.98 Å². The lowest BCUT2D eigenvalue weighted by Gasteiger charge is -2.25. The van der Waals surface area contributed by atoms with Gasteiger partial charge in [-0.05, 0) is 90.8 Å². The number of carbonyl (C=O) groups excluding carboxylic acids is 4. The van der Waals surface area contributed by atoms with Crippen LogP contribution in [0.4, 0.5) is 15.3 Å². The standard InChI is InChI=1S/C37H47N5O9S/c1-9-49-32(44)25(2)38-31(43)24-30(26-17-12-10-13-18-26)27-19-16-20-28(23-27)42(52(47,48)29-21-14-11-15-22-29)41-33(39-34(45)50-36(3,4)5)40-35(46)51-37(6,7)8/h10-23,25,30H,9,24H2,1-8H3,(H,38,43)(H2,39,40,41,45,46). The second-order valence-corrected chi connectivity index (χ2v) is 15.3. The number of hydrazone groups is 1. The van der Waals surface area contributed by atoms with Crippen LogP contribution in [0.3, 0.4) is 0 Å². The van der Waals surface area contributed by atoms with E-state index in [1.54, 1.807) is 78.8 Å². The molecule has 0 saturated carbocycles. The molecule has 3 aromatic carbocycles. The second-order valence-electron chi connectivity index (χ2n) is 13.6. The Labute approximate surface area is 305 Å². The Morgan fingerprint density at radius 1 is 0.769 bits per heavy atom. The van der Waals surface area contributed by atoms with Crippen LogP contribution in [0, 0.1) is 0 Å². The lowest BCUT2D eigenvalue weighted by molar-refractivity contribution is -0.146. The van der Waals surface area contributed by atoms with Gasteiger partial charge in [0.1, 0.15) is 17.2 Å². The van der Waals surface area contributed by atoms with Gasteiger partial charge in [0.2, 0.25) is 11.9 Å². The molecule has 0 bridgehead atoms. The summed E-state index contributed by atoms with van der Waals surface area (Å²) in [5.74, 6) is -2.25. The maximum atomic E-state index is 14.3. The van der Waals surface area contributed by atoms with Gasteiger partial charge in [-0.3, -0.25) is 15.4 Å². The minimum absolute atomic E-state index is 0.00272. The molecule has 3 N–H and O–H groups in total. The molecule has 0 aliphatic rings. The van der Waals surface area contributed by atoms with E-state index in [4.69, 9.17) is 14.2 Å². The molecule has 15 heteroatoms. The van der Waals surface area contributed by atoms with Crippen LogP contribution < -0.4 is 20.4 Å². The van der Waals surface area contributed by atoms with Gasteiger partial charge < -0.3 is 19.5 Å². The van der Waals surface area contributed by atoms with Crippen LogP contribution in [0.2, 0.25) is 0 Å². The minimum atomic E-state index is -4.52. The first-order valence-electron chi connectivity index (χ1n) is 16.6. The van der Waals surface area contributed by atoms with Gasteiger partial charge >= 0.3 is 18.2 Å². The number of esters is 1. The molecule has 0 saturated heterocycles. The van der Waals surface area contributed by atoms with Crippen LogP contribution in [-0.2, 0) is 33.8 Å². The minimum Gasteiger partial charge on any atom is -0.464 e. The van der Waals surface area contributed by atoms with Crippen molar-refractivity contribution in [3.8, 4) is 0 Å². The fourth-order valence-corrected chi connectivity index (χ4v) is 5.98. The molecule has 0 aliphatic carbocycles. The molecule has 3 amide bonds. The Balaban J connectivity index is 2.18. The smallest absolute Gasteiger partial charge is 0.414 e. The van der Waals surface area contributed by atoms with Crippen molar-refractivity contribution in [1.82, 2.24) is 16.0 Å². The fraction of sp³-hybridized carbons (Fsp3) is 0.378. The third kappa shape index (κ3) is 12.7. The third-order valence-electron chi connectivity index (χ3n) is 6.80. The number of nitrogens with zero attached hydrogens (tertiary/aromatic N) is 2.